The number of nitrogens with zero attached hydrogens (tertiary/aromatic N) is 2. The van der Waals surface area contributed by atoms with Crippen LogP contribution in [-0.4, -0.2) is 62.9 Å². The third-order valence-electron chi connectivity index (χ3n) is 2.37. The summed E-state index contributed by atoms with van der Waals surface area (Å²) in [6, 6.07) is 0. The Bertz CT molecular complexity index is 179. The van der Waals surface area contributed by atoms with Gasteiger partial charge >= 0.3 is 0 Å². The molecule has 0 aromatic carbocycles. The molecule has 0 aromatic heterocycles. The van der Waals surface area contributed by atoms with Gasteiger partial charge in [-0.15, -0.1) is 0 Å². The zero-order valence-corrected chi connectivity index (χ0v) is 8.86. The number of hydroxylamine groups is 2. The van der Waals surface area contributed by atoms with Crippen molar-refractivity contribution in [3.8, 4) is 0 Å². The van der Waals surface area contributed by atoms with E-state index in [2.05, 4.69) is 0 Å². The van der Waals surface area contributed by atoms with Crippen molar-refractivity contribution in [1.29, 1.82) is 0 Å². The van der Waals surface area contributed by atoms with E-state index in [1.807, 2.05) is 9.96 Å². The molecule has 0 radical (unpaired) electrons. The number of carbonyl (C=O) groups excluding carboxylic acids is 1. The average Bonchev–Trinajstić information content (AvgIpc) is 2.26. The molecule has 1 fully saturated rings. The lowest BCUT2D eigenvalue weighted by atomic mass is 10.3. The quantitative estimate of drug-likeness (QED) is 0.629. The van der Waals surface area contributed by atoms with Gasteiger partial charge in [0.15, 0.2) is 0 Å². The Morgan fingerprint density at radius 3 is 2.36 bits per heavy atom. The molecule has 0 bridgehead atoms. The van der Waals surface area contributed by atoms with Crippen molar-refractivity contribution >= 4 is 5.91 Å². The number of ether oxygens (including phenoxy) is 1. The van der Waals surface area contributed by atoms with Crippen molar-refractivity contribution in [2.45, 2.75) is 6.42 Å². The predicted molar refractivity (Wildman–Crippen MR) is 51.7 cm³/mol. The second-order valence-electron chi connectivity index (χ2n) is 3.24. The Morgan fingerprint density at radius 1 is 1.21 bits per heavy atom. The molecule has 0 atom stereocenters. The molecular formula is C9H18N2O3. The summed E-state index contributed by atoms with van der Waals surface area (Å²) < 4.78 is 4.86. The molecule has 0 spiro atoms. The first-order valence-corrected chi connectivity index (χ1v) is 4.83. The van der Waals surface area contributed by atoms with Crippen LogP contribution < -0.4 is 0 Å². The fourth-order valence-electron chi connectivity index (χ4n) is 1.47. The van der Waals surface area contributed by atoms with Crippen LogP contribution >= 0.6 is 0 Å². The summed E-state index contributed by atoms with van der Waals surface area (Å²) in [5, 5.41) is 1.86. The molecule has 14 heavy (non-hydrogen) atoms. The molecule has 1 rings (SSSR count). The average molecular weight is 202 g/mol. The highest BCUT2D eigenvalue weighted by Crippen LogP contribution is 2.03. The largest absolute Gasteiger partial charge is 0.384 e. The SMILES string of the molecule is COCCC(=O)N1CCN(OC)CC1. The van der Waals surface area contributed by atoms with Gasteiger partial charge in [0.25, 0.3) is 0 Å². The molecule has 0 N–H and O–H groups in total. The molecule has 0 saturated carbocycles. The van der Waals surface area contributed by atoms with Gasteiger partial charge < -0.3 is 14.5 Å². The molecule has 1 aliphatic rings. The molecule has 1 saturated heterocycles. The third kappa shape index (κ3) is 3.25. The van der Waals surface area contributed by atoms with E-state index in [9.17, 15) is 4.79 Å². The van der Waals surface area contributed by atoms with Crippen molar-refractivity contribution in [3.05, 3.63) is 0 Å². The number of hydrogen-bond acceptors (Lipinski definition) is 4. The summed E-state index contributed by atoms with van der Waals surface area (Å²) in [6.07, 6.45) is 0.476. The minimum atomic E-state index is 0.169. The number of piperazine rings is 1. The van der Waals surface area contributed by atoms with Crippen LogP contribution in [0.5, 0.6) is 0 Å². The lowest BCUT2D eigenvalue weighted by molar-refractivity contribution is -0.161. The van der Waals surface area contributed by atoms with Crippen LogP contribution in [-0.2, 0) is 14.4 Å². The van der Waals surface area contributed by atoms with E-state index in [1.54, 1.807) is 14.2 Å². The highest BCUT2D eigenvalue weighted by atomic mass is 16.7. The van der Waals surface area contributed by atoms with E-state index >= 15 is 0 Å². The lowest BCUT2D eigenvalue weighted by Crippen LogP contribution is -2.48. The van der Waals surface area contributed by atoms with Gasteiger partial charge in [0.2, 0.25) is 5.91 Å². The monoisotopic (exact) mass is 202 g/mol. The summed E-state index contributed by atoms with van der Waals surface area (Å²) in [4.78, 5) is 18.5. The van der Waals surface area contributed by atoms with Crippen LogP contribution in [0.2, 0.25) is 0 Å². The molecule has 5 nitrogen and oxygen atoms in total. The Balaban J connectivity index is 2.23. The van der Waals surface area contributed by atoms with Gasteiger partial charge in [-0.05, 0) is 0 Å². The molecule has 0 unspecified atom stereocenters. The van der Waals surface area contributed by atoms with E-state index in [1.165, 1.54) is 0 Å². The molecule has 0 aromatic rings. The second-order valence-corrected chi connectivity index (χ2v) is 3.24. The predicted octanol–water partition coefficient (Wildman–Crippen LogP) is -0.271. The van der Waals surface area contributed by atoms with Gasteiger partial charge in [0, 0.05) is 33.3 Å². The molecule has 1 aliphatic heterocycles. The number of methoxy groups -OCH3 is 1. The number of rotatable bonds is 4. The van der Waals surface area contributed by atoms with Crippen LogP contribution in [0.1, 0.15) is 6.42 Å². The Hall–Kier alpha value is -0.650. The van der Waals surface area contributed by atoms with Crippen LogP contribution in [0.25, 0.3) is 0 Å². The van der Waals surface area contributed by atoms with Gasteiger partial charge in [0.1, 0.15) is 0 Å². The molecule has 1 heterocycles. The minimum Gasteiger partial charge on any atom is -0.384 e. The first-order chi connectivity index (χ1) is 6.77. The van der Waals surface area contributed by atoms with Gasteiger partial charge in [-0.3, -0.25) is 4.79 Å². The zero-order chi connectivity index (χ0) is 10.4. The molecule has 1 amide bonds. The smallest absolute Gasteiger partial charge is 0.224 e. The van der Waals surface area contributed by atoms with E-state index in [-0.39, 0.29) is 5.91 Å². The highest BCUT2D eigenvalue weighted by molar-refractivity contribution is 5.76. The summed E-state index contributed by atoms with van der Waals surface area (Å²) in [6.45, 7) is 3.57. The van der Waals surface area contributed by atoms with Crippen molar-refractivity contribution in [3.63, 3.8) is 0 Å². The highest BCUT2D eigenvalue weighted by Gasteiger charge is 2.20. The van der Waals surface area contributed by atoms with E-state index in [0.717, 1.165) is 26.2 Å². The van der Waals surface area contributed by atoms with E-state index in [4.69, 9.17) is 9.57 Å². The maximum atomic E-state index is 11.5. The molecule has 0 aliphatic carbocycles. The van der Waals surface area contributed by atoms with Crippen molar-refractivity contribution in [2.24, 2.45) is 0 Å². The number of hydrogen-bond donors (Lipinski definition) is 0. The van der Waals surface area contributed by atoms with Crippen molar-refractivity contribution in [2.75, 3.05) is 47.0 Å². The summed E-state index contributed by atoms with van der Waals surface area (Å²) in [7, 11) is 3.26. The van der Waals surface area contributed by atoms with Crippen LogP contribution in [0.4, 0.5) is 0 Å². The molecule has 82 valence electrons. The van der Waals surface area contributed by atoms with Gasteiger partial charge in [-0.2, -0.15) is 5.06 Å². The zero-order valence-electron chi connectivity index (χ0n) is 8.86. The normalized spacial score (nSPS) is 18.6. The summed E-state index contributed by atoms with van der Waals surface area (Å²) in [5.74, 6) is 0.169. The van der Waals surface area contributed by atoms with E-state index in [0.29, 0.717) is 13.0 Å². The van der Waals surface area contributed by atoms with E-state index < -0.39 is 0 Å². The van der Waals surface area contributed by atoms with Crippen molar-refractivity contribution in [1.82, 2.24) is 9.96 Å². The third-order valence-corrected chi connectivity index (χ3v) is 2.37. The molecular weight excluding hydrogens is 184 g/mol. The van der Waals surface area contributed by atoms with Gasteiger partial charge in [-0.25, -0.2) is 0 Å². The van der Waals surface area contributed by atoms with Crippen LogP contribution in [0.3, 0.4) is 0 Å². The Morgan fingerprint density at radius 2 is 1.86 bits per heavy atom. The Labute approximate surface area is 84.5 Å². The van der Waals surface area contributed by atoms with Crippen LogP contribution in [0.15, 0.2) is 0 Å². The first-order valence-electron chi connectivity index (χ1n) is 4.83. The maximum Gasteiger partial charge on any atom is 0.224 e. The lowest BCUT2D eigenvalue weighted by Gasteiger charge is -2.33. The summed E-state index contributed by atoms with van der Waals surface area (Å²) >= 11 is 0. The summed E-state index contributed by atoms with van der Waals surface area (Å²) in [5.41, 5.74) is 0. The Kier molecular flexibility index (Phi) is 4.86. The van der Waals surface area contributed by atoms with Gasteiger partial charge in [0.05, 0.1) is 20.1 Å². The second kappa shape index (κ2) is 5.95. The fraction of sp³-hybridized carbons (Fsp3) is 0.889. The fourth-order valence-corrected chi connectivity index (χ4v) is 1.47. The molecule has 5 heteroatoms. The van der Waals surface area contributed by atoms with Crippen molar-refractivity contribution < 1.29 is 14.4 Å². The number of amides is 1. The minimum absolute atomic E-state index is 0.169. The van der Waals surface area contributed by atoms with Gasteiger partial charge in [-0.1, -0.05) is 0 Å². The standard InChI is InChI=1S/C9H18N2O3/c1-13-8-3-9(12)10-4-6-11(14-2)7-5-10/h3-8H2,1-2H3. The maximum absolute atomic E-state index is 11.5. The topological polar surface area (TPSA) is 42.0 Å². The van der Waals surface area contributed by atoms with Crippen LogP contribution in [0, 0.1) is 0 Å². The first kappa shape index (κ1) is 11.4. The number of carbonyl (C=O) groups is 1.